The van der Waals surface area contributed by atoms with Gasteiger partial charge in [0.05, 0.1) is 6.21 Å². The Morgan fingerprint density at radius 3 is 3.29 bits per heavy atom. The van der Waals surface area contributed by atoms with Gasteiger partial charge in [0.25, 0.3) is 0 Å². The van der Waals surface area contributed by atoms with Crippen molar-refractivity contribution in [2.75, 3.05) is 6.54 Å². The van der Waals surface area contributed by atoms with Crippen LogP contribution in [0.2, 0.25) is 0 Å². The minimum atomic E-state index is 0.434. The van der Waals surface area contributed by atoms with Crippen molar-refractivity contribution < 1.29 is 0 Å². The highest BCUT2D eigenvalue weighted by Gasteiger charge is 2.12. The van der Waals surface area contributed by atoms with Crippen LogP contribution in [0.5, 0.6) is 0 Å². The van der Waals surface area contributed by atoms with Gasteiger partial charge in [0.2, 0.25) is 0 Å². The summed E-state index contributed by atoms with van der Waals surface area (Å²) in [4.78, 5) is 8.34. The molecule has 1 aliphatic rings. The summed E-state index contributed by atoms with van der Waals surface area (Å²) in [5.74, 6) is 6.45. The van der Waals surface area contributed by atoms with Gasteiger partial charge in [0.15, 0.2) is 0 Å². The van der Waals surface area contributed by atoms with Crippen LogP contribution in [0.3, 0.4) is 0 Å². The van der Waals surface area contributed by atoms with E-state index in [0.717, 1.165) is 13.0 Å². The van der Waals surface area contributed by atoms with Crippen LogP contribution >= 0.6 is 0 Å². The van der Waals surface area contributed by atoms with Crippen molar-refractivity contribution in [2.45, 2.75) is 19.3 Å². The van der Waals surface area contributed by atoms with E-state index in [4.69, 9.17) is 0 Å². The van der Waals surface area contributed by atoms with E-state index in [1.807, 2.05) is 12.4 Å². The number of aryl methyl sites for hydroxylation is 1. The van der Waals surface area contributed by atoms with Crippen molar-refractivity contribution in [2.24, 2.45) is 4.99 Å². The van der Waals surface area contributed by atoms with Crippen molar-refractivity contribution in [1.82, 2.24) is 4.98 Å². The molecule has 1 aromatic rings. The maximum absolute atomic E-state index is 4.25. The maximum Gasteiger partial charge on any atom is 0.0711 e. The summed E-state index contributed by atoms with van der Waals surface area (Å²) in [6.07, 6.45) is 6.34. The Hall–Kier alpha value is -1.62. The van der Waals surface area contributed by atoms with Gasteiger partial charge in [-0.15, -0.1) is 0 Å². The highest BCUT2D eigenvalue weighted by molar-refractivity contribution is 5.78. The Morgan fingerprint density at radius 1 is 1.50 bits per heavy atom. The molecule has 0 saturated heterocycles. The van der Waals surface area contributed by atoms with Gasteiger partial charge in [-0.3, -0.25) is 9.98 Å². The van der Waals surface area contributed by atoms with Crippen LogP contribution in [-0.2, 0) is 0 Å². The molecule has 0 amide bonds. The minimum Gasteiger partial charge on any atom is -0.284 e. The third-order valence-electron chi connectivity index (χ3n) is 2.44. The van der Waals surface area contributed by atoms with Gasteiger partial charge in [-0.2, -0.15) is 0 Å². The second-order valence-electron chi connectivity index (χ2n) is 3.45. The lowest BCUT2D eigenvalue weighted by molar-refractivity contribution is 0.720. The van der Waals surface area contributed by atoms with Crippen LogP contribution in [0.4, 0.5) is 0 Å². The first-order chi connectivity index (χ1) is 6.88. The molecular weight excluding hydrogens is 172 g/mol. The predicted octanol–water partition coefficient (Wildman–Crippen LogP) is 1.95. The number of rotatable bonds is 1. The molecule has 2 heterocycles. The summed E-state index contributed by atoms with van der Waals surface area (Å²) in [6.45, 7) is 2.91. The van der Waals surface area contributed by atoms with E-state index < -0.39 is 0 Å². The molecule has 2 heteroatoms. The Balaban J connectivity index is 2.28. The molecule has 1 aliphatic heterocycles. The van der Waals surface area contributed by atoms with E-state index in [9.17, 15) is 0 Å². The van der Waals surface area contributed by atoms with Gasteiger partial charge in [-0.05, 0) is 24.1 Å². The molecule has 2 nitrogen and oxygen atoms in total. The van der Waals surface area contributed by atoms with E-state index in [1.54, 1.807) is 6.21 Å². The van der Waals surface area contributed by atoms with Crippen LogP contribution in [0.25, 0.3) is 0 Å². The lowest BCUT2D eigenvalue weighted by atomic mass is 9.94. The molecule has 1 atom stereocenters. The zero-order chi connectivity index (χ0) is 9.80. The first-order valence-corrected chi connectivity index (χ1v) is 4.75. The zero-order valence-corrected chi connectivity index (χ0v) is 8.20. The molecule has 1 aromatic heterocycles. The fraction of sp³-hybridized carbons (Fsp3) is 0.333. The number of hydrogen-bond donors (Lipinski definition) is 0. The standard InChI is InChI=1S/C12H12N2/c1-10-8-14-7-5-12(10)11-4-2-3-6-13-9-11/h5-8,11H,4,9H2,1H3/t11-/m1/s1. The Morgan fingerprint density at radius 2 is 2.43 bits per heavy atom. The summed E-state index contributed by atoms with van der Waals surface area (Å²) in [7, 11) is 0. The monoisotopic (exact) mass is 184 g/mol. The van der Waals surface area contributed by atoms with Gasteiger partial charge in [0, 0.05) is 31.3 Å². The van der Waals surface area contributed by atoms with Crippen molar-refractivity contribution in [1.29, 1.82) is 0 Å². The average Bonchev–Trinajstić information content (AvgIpc) is 2.47. The normalized spacial score (nSPS) is 19.6. The van der Waals surface area contributed by atoms with Crippen LogP contribution in [0, 0.1) is 18.8 Å². The second-order valence-corrected chi connectivity index (χ2v) is 3.45. The molecule has 0 radical (unpaired) electrons. The van der Waals surface area contributed by atoms with Crippen molar-refractivity contribution >= 4 is 6.21 Å². The second kappa shape index (κ2) is 4.06. The summed E-state index contributed by atoms with van der Waals surface area (Å²) in [6, 6.07) is 2.07. The van der Waals surface area contributed by atoms with E-state index in [0.29, 0.717) is 5.92 Å². The lowest BCUT2D eigenvalue weighted by Crippen LogP contribution is -2.03. The largest absolute Gasteiger partial charge is 0.284 e. The first-order valence-electron chi connectivity index (χ1n) is 4.75. The highest BCUT2D eigenvalue weighted by Crippen LogP contribution is 2.22. The molecule has 0 fully saturated rings. The summed E-state index contributed by atoms with van der Waals surface area (Å²) >= 11 is 0. The topological polar surface area (TPSA) is 25.2 Å². The zero-order valence-electron chi connectivity index (χ0n) is 8.20. The predicted molar refractivity (Wildman–Crippen MR) is 57.5 cm³/mol. The Bertz CT molecular complexity index is 410. The van der Waals surface area contributed by atoms with E-state index >= 15 is 0 Å². The average molecular weight is 184 g/mol. The Kier molecular flexibility index (Phi) is 2.60. The summed E-state index contributed by atoms with van der Waals surface area (Å²) in [5.41, 5.74) is 2.56. The number of nitrogens with zero attached hydrogens (tertiary/aromatic N) is 2. The fourth-order valence-electron chi connectivity index (χ4n) is 1.67. The lowest BCUT2D eigenvalue weighted by Gasteiger charge is -2.13. The fourth-order valence-corrected chi connectivity index (χ4v) is 1.67. The molecule has 0 spiro atoms. The molecular formula is C12H12N2. The van der Waals surface area contributed by atoms with E-state index in [-0.39, 0.29) is 0 Å². The number of aromatic nitrogens is 1. The molecule has 14 heavy (non-hydrogen) atoms. The summed E-state index contributed by atoms with van der Waals surface area (Å²) < 4.78 is 0. The molecule has 0 N–H and O–H groups in total. The number of hydrogen-bond acceptors (Lipinski definition) is 2. The van der Waals surface area contributed by atoms with Crippen LogP contribution < -0.4 is 0 Å². The smallest absolute Gasteiger partial charge is 0.0711 e. The molecule has 0 aliphatic carbocycles. The quantitative estimate of drug-likeness (QED) is 0.612. The molecule has 0 unspecified atom stereocenters. The van der Waals surface area contributed by atoms with Crippen molar-refractivity contribution in [3.63, 3.8) is 0 Å². The third-order valence-corrected chi connectivity index (χ3v) is 2.44. The van der Waals surface area contributed by atoms with Gasteiger partial charge in [-0.25, -0.2) is 0 Å². The van der Waals surface area contributed by atoms with Crippen molar-refractivity contribution in [3.8, 4) is 11.8 Å². The van der Waals surface area contributed by atoms with Crippen LogP contribution in [0.15, 0.2) is 23.5 Å². The van der Waals surface area contributed by atoms with Crippen molar-refractivity contribution in [3.05, 3.63) is 29.6 Å². The van der Waals surface area contributed by atoms with Gasteiger partial charge in [-0.1, -0.05) is 11.8 Å². The summed E-state index contributed by atoms with van der Waals surface area (Å²) in [5, 5.41) is 0. The van der Waals surface area contributed by atoms with Gasteiger partial charge >= 0.3 is 0 Å². The molecule has 2 rings (SSSR count). The number of aliphatic imine (C=N–C) groups is 1. The van der Waals surface area contributed by atoms with Crippen LogP contribution in [0.1, 0.15) is 23.5 Å². The number of pyridine rings is 1. The SMILES string of the molecule is Cc1cnccc1[C@@H]1CC#CC=NC1. The highest BCUT2D eigenvalue weighted by atomic mass is 14.7. The molecule has 70 valence electrons. The molecule has 0 bridgehead atoms. The minimum absolute atomic E-state index is 0.434. The Labute approximate surface area is 84.1 Å². The molecule has 0 saturated carbocycles. The van der Waals surface area contributed by atoms with E-state index in [1.165, 1.54) is 11.1 Å². The first kappa shape index (κ1) is 8.96. The van der Waals surface area contributed by atoms with Gasteiger partial charge < -0.3 is 0 Å². The third kappa shape index (κ3) is 1.82. The maximum atomic E-state index is 4.25. The van der Waals surface area contributed by atoms with Gasteiger partial charge in [0.1, 0.15) is 0 Å². The van der Waals surface area contributed by atoms with Crippen LogP contribution in [-0.4, -0.2) is 17.7 Å². The molecule has 0 aromatic carbocycles. The van der Waals surface area contributed by atoms with E-state index in [2.05, 4.69) is 34.8 Å².